The van der Waals surface area contributed by atoms with E-state index in [-0.39, 0.29) is 0 Å². The lowest BCUT2D eigenvalue weighted by Crippen LogP contribution is -2.40. The summed E-state index contributed by atoms with van der Waals surface area (Å²) in [6.07, 6.45) is 13.5. The van der Waals surface area contributed by atoms with E-state index >= 15 is 0 Å². The van der Waals surface area contributed by atoms with Crippen LogP contribution in [-0.2, 0) is 0 Å². The third kappa shape index (κ3) is 5.33. The number of hydrogen-bond donors (Lipinski definition) is 1. The first-order valence-corrected chi connectivity index (χ1v) is 12.9. The Balaban J connectivity index is 1.21. The van der Waals surface area contributed by atoms with Crippen LogP contribution < -0.4 is 0 Å². The molecule has 4 nitrogen and oxygen atoms in total. The molecule has 5 rings (SSSR count). The third-order valence-electron chi connectivity index (χ3n) is 7.48. The zero-order valence-corrected chi connectivity index (χ0v) is 20.8. The van der Waals surface area contributed by atoms with Crippen molar-refractivity contribution in [3.8, 4) is 11.3 Å². The Bertz CT molecular complexity index is 1260. The highest BCUT2D eigenvalue weighted by molar-refractivity contribution is 5.86. The van der Waals surface area contributed by atoms with Gasteiger partial charge >= 0.3 is 0 Å². The van der Waals surface area contributed by atoms with E-state index < -0.39 is 0 Å². The molecule has 0 bridgehead atoms. The van der Waals surface area contributed by atoms with Crippen LogP contribution in [0.3, 0.4) is 0 Å². The van der Waals surface area contributed by atoms with Crippen molar-refractivity contribution in [1.82, 2.24) is 19.8 Å². The van der Waals surface area contributed by atoms with Crippen LogP contribution in [0.25, 0.3) is 27.9 Å². The van der Waals surface area contributed by atoms with Crippen LogP contribution in [0.5, 0.6) is 0 Å². The van der Waals surface area contributed by atoms with Gasteiger partial charge in [-0.3, -0.25) is 4.90 Å². The van der Waals surface area contributed by atoms with Crippen molar-refractivity contribution in [2.45, 2.75) is 38.6 Å². The maximum Gasteiger partial charge on any atom is 0.137 e. The topological polar surface area (TPSA) is 35.2 Å². The van der Waals surface area contributed by atoms with E-state index in [0.29, 0.717) is 6.04 Å². The van der Waals surface area contributed by atoms with Crippen molar-refractivity contribution in [2.75, 3.05) is 26.2 Å². The number of H-pyrrole nitrogens is 1. The maximum absolute atomic E-state index is 4.63. The molecular formula is C31H36N4. The molecule has 180 valence electrons. The predicted molar refractivity (Wildman–Crippen MR) is 148 cm³/mol. The maximum atomic E-state index is 4.63. The number of fused-ring (bicyclic) bond motifs is 1. The molecule has 2 aliphatic heterocycles. The fourth-order valence-corrected chi connectivity index (χ4v) is 5.28. The number of hydrogen-bond acceptors (Lipinski definition) is 3. The van der Waals surface area contributed by atoms with Crippen molar-refractivity contribution < 1.29 is 0 Å². The van der Waals surface area contributed by atoms with Crippen LogP contribution in [-0.4, -0.2) is 52.0 Å². The van der Waals surface area contributed by atoms with Gasteiger partial charge in [0.05, 0.1) is 0 Å². The average Bonchev–Trinajstić information content (AvgIpc) is 3.56. The molecule has 0 saturated carbocycles. The molecule has 2 aromatic heterocycles. The number of piperidine rings is 1. The van der Waals surface area contributed by atoms with E-state index in [9.17, 15) is 0 Å². The molecule has 1 aromatic carbocycles. The molecule has 4 heterocycles. The van der Waals surface area contributed by atoms with E-state index in [1.807, 2.05) is 24.4 Å². The van der Waals surface area contributed by atoms with E-state index in [1.54, 1.807) is 0 Å². The number of allylic oxidation sites excluding steroid dienone is 5. The third-order valence-corrected chi connectivity index (χ3v) is 7.48. The molecule has 35 heavy (non-hydrogen) atoms. The van der Waals surface area contributed by atoms with Crippen LogP contribution >= 0.6 is 0 Å². The summed E-state index contributed by atoms with van der Waals surface area (Å²) in [5, 5.41) is 1.09. The van der Waals surface area contributed by atoms with Crippen LogP contribution in [0, 0.1) is 0 Å². The minimum atomic E-state index is 0.688. The fourth-order valence-electron chi connectivity index (χ4n) is 5.28. The second-order valence-electron chi connectivity index (χ2n) is 9.88. The van der Waals surface area contributed by atoms with Gasteiger partial charge < -0.3 is 9.88 Å². The lowest BCUT2D eigenvalue weighted by atomic mass is 10.1. The summed E-state index contributed by atoms with van der Waals surface area (Å²) in [6, 6.07) is 15.3. The number of aromatic amines is 1. The number of nitrogens with one attached hydrogen (secondary N) is 1. The minimum absolute atomic E-state index is 0.688. The standard InChI is InChI=1S/C31H36N4/c1-23(25(3)35-18-15-29(22-35)34-16-8-5-9-17-34)11-10-12-24(2)28-19-27-20-30(33-31(27)32-21-28)26-13-6-4-7-14-26/h4,6-7,10-14,19-21,29H,2-3,5,8-9,15-18,22H2,1H3,(H,32,33)/b12-10-,23-11+. The Morgan fingerprint density at radius 3 is 2.66 bits per heavy atom. The van der Waals surface area contributed by atoms with Gasteiger partial charge in [-0.25, -0.2) is 4.98 Å². The normalized spacial score (nSPS) is 19.6. The first-order valence-electron chi connectivity index (χ1n) is 12.9. The summed E-state index contributed by atoms with van der Waals surface area (Å²) in [7, 11) is 0. The monoisotopic (exact) mass is 464 g/mol. The van der Waals surface area contributed by atoms with Gasteiger partial charge in [0, 0.05) is 47.7 Å². The summed E-state index contributed by atoms with van der Waals surface area (Å²) in [5.74, 6) is 0. The van der Waals surface area contributed by atoms with Gasteiger partial charge in [-0.15, -0.1) is 0 Å². The zero-order chi connectivity index (χ0) is 24.2. The molecule has 0 radical (unpaired) electrons. The van der Waals surface area contributed by atoms with Gasteiger partial charge in [0.25, 0.3) is 0 Å². The largest absolute Gasteiger partial charge is 0.370 e. The van der Waals surface area contributed by atoms with Crippen LogP contribution in [0.4, 0.5) is 0 Å². The van der Waals surface area contributed by atoms with Crippen LogP contribution in [0.2, 0.25) is 0 Å². The summed E-state index contributed by atoms with van der Waals surface area (Å²) in [5.41, 5.74) is 7.46. The van der Waals surface area contributed by atoms with Crippen molar-refractivity contribution in [1.29, 1.82) is 0 Å². The SMILES string of the molecule is C=C(/C=C\C=C(/C)C(=C)N1CCC(N2CCCCC2)C1)c1cnc2[nH]c(-c3ccccc3)cc2c1. The quantitative estimate of drug-likeness (QED) is 0.390. The van der Waals surface area contributed by atoms with Gasteiger partial charge in [0.15, 0.2) is 0 Å². The first-order chi connectivity index (χ1) is 17.1. The molecule has 1 atom stereocenters. The van der Waals surface area contributed by atoms with E-state index in [4.69, 9.17) is 0 Å². The summed E-state index contributed by atoms with van der Waals surface area (Å²) < 4.78 is 0. The molecule has 0 amide bonds. The Labute approximate surface area is 209 Å². The van der Waals surface area contributed by atoms with Gasteiger partial charge in [-0.2, -0.15) is 0 Å². The van der Waals surface area contributed by atoms with E-state index in [1.165, 1.54) is 44.3 Å². The highest BCUT2D eigenvalue weighted by Gasteiger charge is 2.29. The van der Waals surface area contributed by atoms with Crippen LogP contribution in [0.15, 0.2) is 91.3 Å². The Morgan fingerprint density at radius 1 is 1.06 bits per heavy atom. The van der Waals surface area contributed by atoms with Gasteiger partial charge in [0.1, 0.15) is 5.65 Å². The highest BCUT2D eigenvalue weighted by atomic mass is 15.3. The van der Waals surface area contributed by atoms with Crippen molar-refractivity contribution in [3.63, 3.8) is 0 Å². The smallest absolute Gasteiger partial charge is 0.137 e. The number of rotatable bonds is 7. The molecule has 2 saturated heterocycles. The lowest BCUT2D eigenvalue weighted by Gasteiger charge is -2.32. The van der Waals surface area contributed by atoms with E-state index in [2.05, 4.69) is 82.3 Å². The molecule has 1 N–H and O–H groups in total. The Morgan fingerprint density at radius 2 is 1.86 bits per heavy atom. The predicted octanol–water partition coefficient (Wildman–Crippen LogP) is 6.82. The molecule has 2 aliphatic rings. The first kappa shape index (κ1) is 23.4. The number of aromatic nitrogens is 2. The van der Waals surface area contributed by atoms with Crippen molar-refractivity contribution >= 4 is 16.6 Å². The van der Waals surface area contributed by atoms with E-state index in [0.717, 1.165) is 52.2 Å². The molecule has 4 heteroatoms. The van der Waals surface area contributed by atoms with Crippen molar-refractivity contribution in [3.05, 3.63) is 96.9 Å². The summed E-state index contributed by atoms with van der Waals surface area (Å²) >= 11 is 0. The Kier molecular flexibility index (Phi) is 7.01. The molecule has 0 spiro atoms. The molecule has 0 aliphatic carbocycles. The highest BCUT2D eigenvalue weighted by Crippen LogP contribution is 2.27. The molecule has 1 unspecified atom stereocenters. The fraction of sp³-hybridized carbons (Fsp3) is 0.323. The number of nitrogens with zero attached hydrogens (tertiary/aromatic N) is 3. The lowest BCUT2D eigenvalue weighted by molar-refractivity contribution is 0.166. The second-order valence-corrected chi connectivity index (χ2v) is 9.88. The second kappa shape index (κ2) is 10.5. The molecule has 3 aromatic rings. The Hall–Kier alpha value is -3.37. The zero-order valence-electron chi connectivity index (χ0n) is 20.8. The molecular weight excluding hydrogens is 428 g/mol. The van der Waals surface area contributed by atoms with Gasteiger partial charge in [-0.05, 0) is 68.1 Å². The minimum Gasteiger partial charge on any atom is -0.370 e. The van der Waals surface area contributed by atoms with Crippen molar-refractivity contribution in [2.24, 2.45) is 0 Å². The van der Waals surface area contributed by atoms with Gasteiger partial charge in [0.2, 0.25) is 0 Å². The summed E-state index contributed by atoms with van der Waals surface area (Å²) in [4.78, 5) is 13.2. The van der Waals surface area contributed by atoms with Crippen LogP contribution in [0.1, 0.15) is 38.2 Å². The average molecular weight is 465 g/mol. The molecule has 2 fully saturated rings. The van der Waals surface area contributed by atoms with Gasteiger partial charge in [-0.1, -0.05) is 68.1 Å². The summed E-state index contributed by atoms with van der Waals surface area (Å²) in [6.45, 7) is 15.6. The number of pyridine rings is 1. The number of likely N-dealkylation sites (tertiary alicyclic amines) is 2. The number of benzene rings is 1.